The number of nitrogens with one attached hydrogen (secondary N) is 1. The van der Waals surface area contributed by atoms with Crippen LogP contribution in [-0.2, 0) is 17.8 Å². The van der Waals surface area contributed by atoms with E-state index in [1.165, 1.54) is 5.56 Å². The second kappa shape index (κ2) is 9.91. The molecule has 1 atom stereocenters. The first-order chi connectivity index (χ1) is 13.1. The molecule has 0 spiro atoms. The summed E-state index contributed by atoms with van der Waals surface area (Å²) in [6.07, 6.45) is 3.81. The highest BCUT2D eigenvalue weighted by molar-refractivity contribution is 6.31. The zero-order valence-electron chi connectivity index (χ0n) is 16.0. The number of benzene rings is 2. The smallest absolute Gasteiger partial charge is 0.223 e. The van der Waals surface area contributed by atoms with Crippen LogP contribution in [0.1, 0.15) is 37.3 Å². The van der Waals surface area contributed by atoms with E-state index in [9.17, 15) is 4.79 Å². The molecule has 0 unspecified atom stereocenters. The molecule has 1 fully saturated rings. The molecule has 0 aliphatic carbocycles. The molecule has 0 radical (unpaired) electrons. The Labute approximate surface area is 167 Å². The van der Waals surface area contributed by atoms with E-state index in [2.05, 4.69) is 47.5 Å². The Morgan fingerprint density at radius 2 is 1.78 bits per heavy atom. The van der Waals surface area contributed by atoms with Crippen LogP contribution < -0.4 is 5.32 Å². The van der Waals surface area contributed by atoms with Crippen molar-refractivity contribution in [1.82, 2.24) is 10.2 Å². The largest absolute Gasteiger partial charge is 0.353 e. The number of piperidine rings is 1. The fourth-order valence-corrected chi connectivity index (χ4v) is 3.88. The topological polar surface area (TPSA) is 32.3 Å². The van der Waals surface area contributed by atoms with Gasteiger partial charge in [-0.3, -0.25) is 9.69 Å². The number of amides is 1. The number of rotatable bonds is 7. The van der Waals surface area contributed by atoms with E-state index in [1.807, 2.05) is 24.3 Å². The Hall–Kier alpha value is -1.84. The summed E-state index contributed by atoms with van der Waals surface area (Å²) < 4.78 is 0. The van der Waals surface area contributed by atoms with Gasteiger partial charge in [-0.05, 0) is 62.9 Å². The van der Waals surface area contributed by atoms with Crippen LogP contribution in [0.4, 0.5) is 0 Å². The number of carbonyl (C=O) groups is 1. The number of hydrogen-bond acceptors (Lipinski definition) is 2. The van der Waals surface area contributed by atoms with Gasteiger partial charge in [0.1, 0.15) is 0 Å². The Morgan fingerprint density at radius 3 is 2.48 bits per heavy atom. The molecule has 1 amide bonds. The lowest BCUT2D eigenvalue weighted by molar-refractivity contribution is -0.127. The van der Waals surface area contributed by atoms with Crippen molar-refractivity contribution in [1.29, 1.82) is 0 Å². The molecule has 0 bridgehead atoms. The van der Waals surface area contributed by atoms with Crippen molar-refractivity contribution in [3.05, 3.63) is 70.7 Å². The minimum atomic E-state index is 0.131. The summed E-state index contributed by atoms with van der Waals surface area (Å²) >= 11 is 6.26. The van der Waals surface area contributed by atoms with Crippen molar-refractivity contribution < 1.29 is 4.79 Å². The van der Waals surface area contributed by atoms with Gasteiger partial charge in [0.2, 0.25) is 5.91 Å². The van der Waals surface area contributed by atoms with E-state index in [0.717, 1.165) is 55.9 Å². The monoisotopic (exact) mass is 384 g/mol. The SMILES string of the molecule is C[C@@H](CCc1ccccc1)NC(=O)C1CCN(Cc2ccccc2Cl)CC1. The average Bonchev–Trinajstić information content (AvgIpc) is 2.69. The molecular formula is C23H29ClN2O. The number of carbonyl (C=O) groups excluding carboxylic acids is 1. The van der Waals surface area contributed by atoms with Gasteiger partial charge < -0.3 is 5.32 Å². The normalized spacial score (nSPS) is 16.8. The summed E-state index contributed by atoms with van der Waals surface area (Å²) in [6, 6.07) is 18.7. The number of likely N-dealkylation sites (tertiary alicyclic amines) is 1. The molecule has 1 N–H and O–H groups in total. The molecule has 3 nitrogen and oxygen atoms in total. The van der Waals surface area contributed by atoms with Gasteiger partial charge >= 0.3 is 0 Å². The molecule has 3 rings (SSSR count). The molecule has 27 heavy (non-hydrogen) atoms. The molecule has 2 aromatic carbocycles. The molecule has 4 heteroatoms. The van der Waals surface area contributed by atoms with Crippen LogP contribution >= 0.6 is 11.6 Å². The number of aryl methyl sites for hydroxylation is 1. The van der Waals surface area contributed by atoms with Gasteiger partial charge in [-0.25, -0.2) is 0 Å². The van der Waals surface area contributed by atoms with Crippen LogP contribution in [0.5, 0.6) is 0 Å². The molecular weight excluding hydrogens is 356 g/mol. The maximum absolute atomic E-state index is 12.6. The van der Waals surface area contributed by atoms with Crippen molar-refractivity contribution in [3.8, 4) is 0 Å². The van der Waals surface area contributed by atoms with Gasteiger partial charge in [0.15, 0.2) is 0 Å². The minimum Gasteiger partial charge on any atom is -0.353 e. The Bertz CT molecular complexity index is 726. The van der Waals surface area contributed by atoms with Gasteiger partial charge in [0, 0.05) is 23.5 Å². The highest BCUT2D eigenvalue weighted by Gasteiger charge is 2.25. The van der Waals surface area contributed by atoms with Gasteiger partial charge in [-0.1, -0.05) is 60.1 Å². The van der Waals surface area contributed by atoms with Crippen LogP contribution in [0.25, 0.3) is 0 Å². The van der Waals surface area contributed by atoms with Crippen LogP contribution in [-0.4, -0.2) is 29.9 Å². The maximum atomic E-state index is 12.6. The highest BCUT2D eigenvalue weighted by Crippen LogP contribution is 2.22. The Balaban J connectivity index is 1.39. The van der Waals surface area contributed by atoms with Crippen LogP contribution in [0, 0.1) is 5.92 Å². The molecule has 0 saturated carbocycles. The lowest BCUT2D eigenvalue weighted by Gasteiger charge is -2.32. The van der Waals surface area contributed by atoms with E-state index in [0.29, 0.717) is 0 Å². The van der Waals surface area contributed by atoms with E-state index in [-0.39, 0.29) is 17.9 Å². The van der Waals surface area contributed by atoms with Crippen LogP contribution in [0.3, 0.4) is 0 Å². The van der Waals surface area contributed by atoms with E-state index < -0.39 is 0 Å². The summed E-state index contributed by atoms with van der Waals surface area (Å²) in [5.41, 5.74) is 2.49. The quantitative estimate of drug-likeness (QED) is 0.751. The third kappa shape index (κ3) is 6.08. The van der Waals surface area contributed by atoms with Crippen molar-refractivity contribution in [3.63, 3.8) is 0 Å². The third-order valence-electron chi connectivity index (χ3n) is 5.41. The first-order valence-corrected chi connectivity index (χ1v) is 10.3. The fourth-order valence-electron chi connectivity index (χ4n) is 3.68. The molecule has 1 heterocycles. The molecule has 2 aromatic rings. The van der Waals surface area contributed by atoms with E-state index in [1.54, 1.807) is 0 Å². The number of halogens is 1. The lowest BCUT2D eigenvalue weighted by Crippen LogP contribution is -2.43. The number of hydrogen-bond donors (Lipinski definition) is 1. The zero-order valence-corrected chi connectivity index (χ0v) is 16.8. The third-order valence-corrected chi connectivity index (χ3v) is 5.78. The Kier molecular flexibility index (Phi) is 7.31. The summed E-state index contributed by atoms with van der Waals surface area (Å²) in [7, 11) is 0. The van der Waals surface area contributed by atoms with Gasteiger partial charge in [-0.2, -0.15) is 0 Å². The van der Waals surface area contributed by atoms with E-state index in [4.69, 9.17) is 11.6 Å². The number of nitrogens with zero attached hydrogens (tertiary/aromatic N) is 1. The first-order valence-electron chi connectivity index (χ1n) is 9.92. The zero-order chi connectivity index (χ0) is 19.1. The van der Waals surface area contributed by atoms with Crippen molar-refractivity contribution >= 4 is 17.5 Å². The highest BCUT2D eigenvalue weighted by atomic mass is 35.5. The second-order valence-electron chi connectivity index (χ2n) is 7.58. The molecule has 144 valence electrons. The summed E-state index contributed by atoms with van der Waals surface area (Å²) in [5.74, 6) is 0.347. The van der Waals surface area contributed by atoms with Crippen LogP contribution in [0.2, 0.25) is 5.02 Å². The summed E-state index contributed by atoms with van der Waals surface area (Å²) in [6.45, 7) is 4.86. The summed E-state index contributed by atoms with van der Waals surface area (Å²) in [5, 5.41) is 4.04. The maximum Gasteiger partial charge on any atom is 0.223 e. The van der Waals surface area contributed by atoms with Gasteiger partial charge in [0.05, 0.1) is 0 Å². The second-order valence-corrected chi connectivity index (χ2v) is 7.98. The molecule has 0 aromatic heterocycles. The van der Waals surface area contributed by atoms with E-state index >= 15 is 0 Å². The molecule has 1 saturated heterocycles. The Morgan fingerprint density at radius 1 is 1.11 bits per heavy atom. The fraction of sp³-hybridized carbons (Fsp3) is 0.435. The van der Waals surface area contributed by atoms with Crippen molar-refractivity contribution in [2.45, 2.75) is 45.2 Å². The van der Waals surface area contributed by atoms with Crippen molar-refractivity contribution in [2.75, 3.05) is 13.1 Å². The minimum absolute atomic E-state index is 0.131. The van der Waals surface area contributed by atoms with Crippen LogP contribution in [0.15, 0.2) is 54.6 Å². The summed E-state index contributed by atoms with van der Waals surface area (Å²) in [4.78, 5) is 15.0. The average molecular weight is 385 g/mol. The van der Waals surface area contributed by atoms with Gasteiger partial charge in [-0.15, -0.1) is 0 Å². The van der Waals surface area contributed by atoms with Gasteiger partial charge in [0.25, 0.3) is 0 Å². The molecule has 1 aliphatic heterocycles. The standard InChI is InChI=1S/C23H29ClN2O/c1-18(11-12-19-7-3-2-4-8-19)25-23(27)20-13-15-26(16-14-20)17-21-9-5-6-10-22(21)24/h2-10,18,20H,11-17H2,1H3,(H,25,27)/t18-/m0/s1. The molecule has 1 aliphatic rings. The predicted molar refractivity (Wildman–Crippen MR) is 112 cm³/mol. The first kappa shape index (κ1) is 19.9. The van der Waals surface area contributed by atoms with Crippen molar-refractivity contribution in [2.24, 2.45) is 5.92 Å². The lowest BCUT2D eigenvalue weighted by atomic mass is 9.95. The predicted octanol–water partition coefficient (Wildman–Crippen LogP) is 4.69.